The average molecular weight is 280 g/mol. The molecule has 20 heavy (non-hydrogen) atoms. The fourth-order valence-electron chi connectivity index (χ4n) is 3.24. The second kappa shape index (κ2) is 6.35. The van der Waals surface area contributed by atoms with Gasteiger partial charge in [0.25, 0.3) is 0 Å². The van der Waals surface area contributed by atoms with E-state index in [2.05, 4.69) is 15.0 Å². The second-order valence-corrected chi connectivity index (χ2v) is 5.70. The molecule has 0 aromatic carbocycles. The zero-order valence-electron chi connectivity index (χ0n) is 12.4. The van der Waals surface area contributed by atoms with Gasteiger partial charge in [0.05, 0.1) is 13.0 Å². The summed E-state index contributed by atoms with van der Waals surface area (Å²) in [4.78, 5) is 17.7. The van der Waals surface area contributed by atoms with Crippen molar-refractivity contribution < 1.29 is 9.90 Å². The fourth-order valence-corrected chi connectivity index (χ4v) is 3.24. The van der Waals surface area contributed by atoms with E-state index >= 15 is 0 Å². The highest BCUT2D eigenvalue weighted by Crippen LogP contribution is 2.36. The number of nitrogens with zero attached hydrogens (tertiary/aromatic N) is 4. The molecule has 0 spiro atoms. The molecule has 6 heteroatoms. The van der Waals surface area contributed by atoms with Gasteiger partial charge in [-0.1, -0.05) is 19.3 Å². The van der Waals surface area contributed by atoms with Crippen molar-refractivity contribution in [2.45, 2.75) is 64.1 Å². The zero-order chi connectivity index (χ0) is 14.6. The van der Waals surface area contributed by atoms with Crippen LogP contribution in [0.2, 0.25) is 0 Å². The molecule has 1 aromatic rings. The Morgan fingerprint density at radius 3 is 2.75 bits per heavy atom. The summed E-state index contributed by atoms with van der Waals surface area (Å²) < 4.78 is 1.87. The lowest BCUT2D eigenvalue weighted by Crippen LogP contribution is -2.49. The molecule has 1 heterocycles. The standard InChI is InChI=1S/C14H24N4O2/c1-3-18-12(15-11-16-18)10-17(2)14(9-13(19)20)7-5-4-6-8-14/h11H,3-10H2,1-2H3,(H,19,20). The van der Waals surface area contributed by atoms with E-state index in [1.807, 2.05) is 18.7 Å². The van der Waals surface area contributed by atoms with Crippen LogP contribution in [0.5, 0.6) is 0 Å². The predicted octanol–water partition coefficient (Wildman–Crippen LogP) is 1.91. The van der Waals surface area contributed by atoms with Crippen molar-refractivity contribution in [3.63, 3.8) is 0 Å². The van der Waals surface area contributed by atoms with Crippen LogP contribution in [0.25, 0.3) is 0 Å². The average Bonchev–Trinajstić information content (AvgIpc) is 2.86. The van der Waals surface area contributed by atoms with Crippen molar-refractivity contribution in [1.82, 2.24) is 19.7 Å². The second-order valence-electron chi connectivity index (χ2n) is 5.70. The van der Waals surface area contributed by atoms with Crippen LogP contribution in [-0.2, 0) is 17.9 Å². The molecular weight excluding hydrogens is 256 g/mol. The lowest BCUT2D eigenvalue weighted by Gasteiger charge is -2.43. The highest BCUT2D eigenvalue weighted by molar-refractivity contribution is 5.68. The number of hydrogen-bond donors (Lipinski definition) is 1. The molecule has 1 aromatic heterocycles. The van der Waals surface area contributed by atoms with Gasteiger partial charge in [-0.15, -0.1) is 0 Å². The Kier molecular flexibility index (Phi) is 4.75. The minimum atomic E-state index is -0.712. The molecule has 0 aliphatic heterocycles. The molecule has 1 aliphatic rings. The van der Waals surface area contributed by atoms with Crippen LogP contribution in [-0.4, -0.2) is 43.3 Å². The number of rotatable bonds is 6. The Balaban J connectivity index is 2.13. The number of aryl methyl sites for hydroxylation is 1. The first-order valence-electron chi connectivity index (χ1n) is 7.37. The first kappa shape index (κ1) is 15.0. The van der Waals surface area contributed by atoms with Crippen LogP contribution >= 0.6 is 0 Å². The Morgan fingerprint density at radius 1 is 1.45 bits per heavy atom. The maximum absolute atomic E-state index is 11.2. The first-order chi connectivity index (χ1) is 9.57. The molecule has 6 nitrogen and oxygen atoms in total. The van der Waals surface area contributed by atoms with E-state index in [9.17, 15) is 9.90 Å². The van der Waals surface area contributed by atoms with Crippen LogP contribution < -0.4 is 0 Å². The van der Waals surface area contributed by atoms with Gasteiger partial charge in [-0.05, 0) is 26.8 Å². The van der Waals surface area contributed by atoms with Crippen molar-refractivity contribution in [1.29, 1.82) is 0 Å². The minimum absolute atomic E-state index is 0.212. The molecule has 1 aliphatic carbocycles. The van der Waals surface area contributed by atoms with Gasteiger partial charge in [-0.25, -0.2) is 9.67 Å². The van der Waals surface area contributed by atoms with Crippen LogP contribution in [0, 0.1) is 0 Å². The zero-order valence-corrected chi connectivity index (χ0v) is 12.4. The Labute approximate surface area is 119 Å². The van der Waals surface area contributed by atoms with Crippen LogP contribution in [0.4, 0.5) is 0 Å². The van der Waals surface area contributed by atoms with Crippen molar-refractivity contribution in [3.8, 4) is 0 Å². The summed E-state index contributed by atoms with van der Waals surface area (Å²) in [6.07, 6.45) is 7.11. The lowest BCUT2D eigenvalue weighted by atomic mass is 9.78. The molecule has 0 saturated heterocycles. The van der Waals surface area contributed by atoms with Crippen molar-refractivity contribution in [2.24, 2.45) is 0 Å². The summed E-state index contributed by atoms with van der Waals surface area (Å²) in [6.45, 7) is 3.47. The summed E-state index contributed by atoms with van der Waals surface area (Å²) in [5.41, 5.74) is -0.228. The monoisotopic (exact) mass is 280 g/mol. The van der Waals surface area contributed by atoms with Crippen molar-refractivity contribution >= 4 is 5.97 Å². The number of carbonyl (C=O) groups is 1. The summed E-state index contributed by atoms with van der Waals surface area (Å²) in [5.74, 6) is 0.195. The quantitative estimate of drug-likeness (QED) is 0.862. The normalized spacial score (nSPS) is 18.4. The lowest BCUT2D eigenvalue weighted by molar-refractivity contribution is -0.141. The number of aromatic nitrogens is 3. The third kappa shape index (κ3) is 3.17. The van der Waals surface area contributed by atoms with E-state index in [0.717, 1.165) is 38.1 Å². The molecule has 0 atom stereocenters. The van der Waals surface area contributed by atoms with Crippen LogP contribution in [0.15, 0.2) is 6.33 Å². The minimum Gasteiger partial charge on any atom is -0.481 e. The molecule has 1 saturated carbocycles. The molecular formula is C14H24N4O2. The molecule has 1 fully saturated rings. The highest BCUT2D eigenvalue weighted by Gasteiger charge is 2.38. The van der Waals surface area contributed by atoms with E-state index in [4.69, 9.17) is 0 Å². The fraction of sp³-hybridized carbons (Fsp3) is 0.786. The third-order valence-corrected chi connectivity index (χ3v) is 4.45. The molecule has 0 unspecified atom stereocenters. The number of hydrogen-bond acceptors (Lipinski definition) is 4. The van der Waals surface area contributed by atoms with Gasteiger partial charge < -0.3 is 5.11 Å². The first-order valence-corrected chi connectivity index (χ1v) is 7.37. The molecule has 2 rings (SSSR count). The van der Waals surface area contributed by atoms with Crippen molar-refractivity contribution in [2.75, 3.05) is 7.05 Å². The SMILES string of the molecule is CCn1ncnc1CN(C)C1(CC(=O)O)CCCCC1. The molecule has 112 valence electrons. The number of carboxylic acid groups (broad SMARTS) is 1. The maximum atomic E-state index is 11.2. The summed E-state index contributed by atoms with van der Waals surface area (Å²) >= 11 is 0. The molecule has 0 amide bonds. The van der Waals surface area contributed by atoms with E-state index in [0.29, 0.717) is 6.54 Å². The Morgan fingerprint density at radius 2 is 2.15 bits per heavy atom. The van der Waals surface area contributed by atoms with E-state index in [1.54, 1.807) is 6.33 Å². The third-order valence-electron chi connectivity index (χ3n) is 4.45. The summed E-state index contributed by atoms with van der Waals surface area (Å²) in [6, 6.07) is 0. The maximum Gasteiger partial charge on any atom is 0.305 e. The molecule has 0 bridgehead atoms. The molecule has 0 radical (unpaired) electrons. The van der Waals surface area contributed by atoms with Crippen LogP contribution in [0.3, 0.4) is 0 Å². The van der Waals surface area contributed by atoms with Gasteiger partial charge in [-0.3, -0.25) is 9.69 Å². The topological polar surface area (TPSA) is 71.2 Å². The largest absolute Gasteiger partial charge is 0.481 e. The van der Waals surface area contributed by atoms with Crippen molar-refractivity contribution in [3.05, 3.63) is 12.2 Å². The van der Waals surface area contributed by atoms with Gasteiger partial charge in [0.15, 0.2) is 0 Å². The summed E-state index contributed by atoms with van der Waals surface area (Å²) in [5, 5.41) is 13.4. The van der Waals surface area contributed by atoms with Gasteiger partial charge >= 0.3 is 5.97 Å². The predicted molar refractivity (Wildman–Crippen MR) is 75.2 cm³/mol. The van der Waals surface area contributed by atoms with Gasteiger partial charge in [0, 0.05) is 12.1 Å². The van der Waals surface area contributed by atoms with E-state index in [-0.39, 0.29) is 12.0 Å². The Hall–Kier alpha value is -1.43. The number of carboxylic acids is 1. The molecule has 1 N–H and O–H groups in total. The van der Waals surface area contributed by atoms with E-state index in [1.165, 1.54) is 6.42 Å². The van der Waals surface area contributed by atoms with Crippen LogP contribution in [0.1, 0.15) is 51.3 Å². The summed E-state index contributed by atoms with van der Waals surface area (Å²) in [7, 11) is 2.02. The van der Waals surface area contributed by atoms with Gasteiger partial charge in [-0.2, -0.15) is 5.10 Å². The number of aliphatic carboxylic acids is 1. The smallest absolute Gasteiger partial charge is 0.305 e. The van der Waals surface area contributed by atoms with Gasteiger partial charge in [0.1, 0.15) is 12.2 Å². The highest BCUT2D eigenvalue weighted by atomic mass is 16.4. The van der Waals surface area contributed by atoms with E-state index < -0.39 is 5.97 Å². The Bertz CT molecular complexity index is 452. The van der Waals surface area contributed by atoms with Gasteiger partial charge in [0.2, 0.25) is 0 Å².